The van der Waals surface area contributed by atoms with E-state index in [4.69, 9.17) is 5.41 Å². The second-order valence-corrected chi connectivity index (χ2v) is 6.18. The standard InChI is InChI=1S/C13H14IN3O/c1-17-11(18)13(8-5-6-8,16-12(17)15)9-3-2-4-10(14)7-9/h2-4,7-8H,5-6H2,1H3,(H2,15,16). The topological polar surface area (TPSA) is 56.2 Å². The van der Waals surface area contributed by atoms with Crippen molar-refractivity contribution in [3.63, 3.8) is 0 Å². The highest BCUT2D eigenvalue weighted by molar-refractivity contribution is 14.1. The molecule has 0 bridgehead atoms. The summed E-state index contributed by atoms with van der Waals surface area (Å²) >= 11 is 2.25. The number of carbonyl (C=O) groups is 1. The predicted octanol–water partition coefficient (Wildman–Crippen LogP) is 1.89. The summed E-state index contributed by atoms with van der Waals surface area (Å²) in [5, 5.41) is 11.0. The zero-order chi connectivity index (χ0) is 12.9. The first kappa shape index (κ1) is 12.0. The third kappa shape index (κ3) is 1.56. The molecular weight excluding hydrogens is 341 g/mol. The van der Waals surface area contributed by atoms with Crippen LogP contribution in [0.3, 0.4) is 0 Å². The van der Waals surface area contributed by atoms with Crippen LogP contribution in [0.25, 0.3) is 0 Å². The molecule has 3 rings (SSSR count). The SMILES string of the molecule is CN1C(=N)NC(c2cccc(I)c2)(C2CC2)C1=O. The Balaban J connectivity index is 2.13. The van der Waals surface area contributed by atoms with Gasteiger partial charge in [-0.1, -0.05) is 12.1 Å². The van der Waals surface area contributed by atoms with Gasteiger partial charge in [0, 0.05) is 10.6 Å². The number of likely N-dealkylation sites (N-methyl/N-ethyl adjacent to an activating group) is 1. The first-order valence-electron chi connectivity index (χ1n) is 5.96. The van der Waals surface area contributed by atoms with Gasteiger partial charge >= 0.3 is 0 Å². The van der Waals surface area contributed by atoms with Crippen molar-refractivity contribution < 1.29 is 4.79 Å². The van der Waals surface area contributed by atoms with Crippen molar-refractivity contribution >= 4 is 34.5 Å². The van der Waals surface area contributed by atoms with Gasteiger partial charge in [0.05, 0.1) is 0 Å². The van der Waals surface area contributed by atoms with Crippen LogP contribution in [-0.2, 0) is 10.3 Å². The molecule has 2 aliphatic rings. The molecule has 1 atom stereocenters. The summed E-state index contributed by atoms with van der Waals surface area (Å²) in [6.07, 6.45) is 2.09. The Hall–Kier alpha value is -1.11. The van der Waals surface area contributed by atoms with Crippen LogP contribution in [0.2, 0.25) is 0 Å². The van der Waals surface area contributed by atoms with Gasteiger partial charge in [-0.25, -0.2) is 0 Å². The second kappa shape index (κ2) is 3.94. The molecule has 1 aromatic carbocycles. The zero-order valence-corrected chi connectivity index (χ0v) is 12.2. The molecule has 2 N–H and O–H groups in total. The molecule has 1 aromatic rings. The minimum atomic E-state index is -0.701. The minimum Gasteiger partial charge on any atom is -0.338 e. The highest BCUT2D eigenvalue weighted by Gasteiger charge is 2.58. The number of nitrogens with one attached hydrogen (secondary N) is 2. The van der Waals surface area contributed by atoms with Gasteiger partial charge in [0.2, 0.25) is 0 Å². The summed E-state index contributed by atoms with van der Waals surface area (Å²) < 4.78 is 1.11. The summed E-state index contributed by atoms with van der Waals surface area (Å²) in [5.74, 6) is 0.510. The molecule has 4 nitrogen and oxygen atoms in total. The van der Waals surface area contributed by atoms with Crippen LogP contribution in [0.15, 0.2) is 24.3 Å². The summed E-state index contributed by atoms with van der Waals surface area (Å²) in [6.45, 7) is 0. The number of benzene rings is 1. The number of hydrogen-bond donors (Lipinski definition) is 2. The average molecular weight is 355 g/mol. The Labute approximate surface area is 119 Å². The lowest BCUT2D eigenvalue weighted by molar-refractivity contribution is -0.131. The van der Waals surface area contributed by atoms with E-state index in [1.807, 2.05) is 24.3 Å². The van der Waals surface area contributed by atoms with E-state index in [1.54, 1.807) is 7.05 Å². The van der Waals surface area contributed by atoms with E-state index in [-0.39, 0.29) is 11.9 Å². The second-order valence-electron chi connectivity index (χ2n) is 4.93. The molecule has 0 spiro atoms. The molecule has 1 saturated carbocycles. The quantitative estimate of drug-likeness (QED) is 0.797. The summed E-state index contributed by atoms with van der Waals surface area (Å²) in [7, 11) is 1.66. The fourth-order valence-electron chi connectivity index (χ4n) is 2.65. The summed E-state index contributed by atoms with van der Waals surface area (Å²) in [5.41, 5.74) is 0.281. The molecule has 1 saturated heterocycles. The number of hydrogen-bond acceptors (Lipinski definition) is 2. The fraction of sp³-hybridized carbons (Fsp3) is 0.385. The molecule has 5 heteroatoms. The van der Waals surface area contributed by atoms with Crippen molar-refractivity contribution in [3.05, 3.63) is 33.4 Å². The third-order valence-corrected chi connectivity index (χ3v) is 4.43. The molecule has 1 amide bonds. The molecule has 0 radical (unpaired) electrons. The predicted molar refractivity (Wildman–Crippen MR) is 77.2 cm³/mol. The van der Waals surface area contributed by atoms with E-state index in [0.29, 0.717) is 5.92 Å². The van der Waals surface area contributed by atoms with Gasteiger partial charge in [-0.3, -0.25) is 15.1 Å². The van der Waals surface area contributed by atoms with Crippen molar-refractivity contribution in [1.82, 2.24) is 10.2 Å². The maximum Gasteiger partial charge on any atom is 0.259 e. The van der Waals surface area contributed by atoms with Gasteiger partial charge in [-0.15, -0.1) is 0 Å². The van der Waals surface area contributed by atoms with Crippen molar-refractivity contribution in [2.45, 2.75) is 18.4 Å². The van der Waals surface area contributed by atoms with Crippen LogP contribution < -0.4 is 5.32 Å². The lowest BCUT2D eigenvalue weighted by atomic mass is 9.85. The molecular formula is C13H14IN3O. The Morgan fingerprint density at radius 3 is 2.72 bits per heavy atom. The number of halogens is 1. The van der Waals surface area contributed by atoms with Crippen molar-refractivity contribution in [2.24, 2.45) is 5.92 Å². The Bertz CT molecular complexity index is 541. The first-order valence-corrected chi connectivity index (χ1v) is 7.04. The molecule has 1 aliphatic carbocycles. The van der Waals surface area contributed by atoms with E-state index in [0.717, 1.165) is 22.0 Å². The smallest absolute Gasteiger partial charge is 0.259 e. The maximum absolute atomic E-state index is 12.6. The molecule has 1 heterocycles. The summed E-state index contributed by atoms with van der Waals surface area (Å²) in [6, 6.07) is 8.01. The summed E-state index contributed by atoms with van der Waals surface area (Å²) in [4.78, 5) is 14.0. The molecule has 18 heavy (non-hydrogen) atoms. The molecule has 1 unspecified atom stereocenters. The van der Waals surface area contributed by atoms with Gasteiger partial charge < -0.3 is 5.32 Å². The van der Waals surface area contributed by atoms with Crippen LogP contribution in [0.4, 0.5) is 0 Å². The lowest BCUT2D eigenvalue weighted by Gasteiger charge is -2.27. The van der Waals surface area contributed by atoms with Crippen LogP contribution in [0, 0.1) is 14.9 Å². The van der Waals surface area contributed by atoms with E-state index in [9.17, 15) is 4.79 Å². The highest BCUT2D eigenvalue weighted by atomic mass is 127. The van der Waals surface area contributed by atoms with Crippen molar-refractivity contribution in [1.29, 1.82) is 5.41 Å². The average Bonchev–Trinajstić information content (AvgIpc) is 3.15. The largest absolute Gasteiger partial charge is 0.338 e. The van der Waals surface area contributed by atoms with Crippen LogP contribution >= 0.6 is 22.6 Å². The van der Waals surface area contributed by atoms with Gasteiger partial charge in [0.1, 0.15) is 5.54 Å². The van der Waals surface area contributed by atoms with Crippen molar-refractivity contribution in [3.8, 4) is 0 Å². The van der Waals surface area contributed by atoms with Gasteiger partial charge in [0.15, 0.2) is 5.96 Å². The fourth-order valence-corrected chi connectivity index (χ4v) is 3.19. The van der Waals surface area contributed by atoms with Crippen LogP contribution in [0.5, 0.6) is 0 Å². The van der Waals surface area contributed by atoms with E-state index in [1.165, 1.54) is 4.90 Å². The normalized spacial score (nSPS) is 27.6. The lowest BCUT2D eigenvalue weighted by Crippen LogP contribution is -2.46. The van der Waals surface area contributed by atoms with Gasteiger partial charge in [0.25, 0.3) is 5.91 Å². The van der Waals surface area contributed by atoms with Gasteiger partial charge in [-0.2, -0.15) is 0 Å². The number of guanidine groups is 1. The van der Waals surface area contributed by atoms with Gasteiger partial charge in [-0.05, 0) is 59.0 Å². The van der Waals surface area contributed by atoms with E-state index < -0.39 is 5.54 Å². The highest BCUT2D eigenvalue weighted by Crippen LogP contribution is 2.48. The maximum atomic E-state index is 12.6. The number of rotatable bonds is 2. The van der Waals surface area contributed by atoms with E-state index in [2.05, 4.69) is 27.9 Å². The van der Waals surface area contributed by atoms with Crippen molar-refractivity contribution in [2.75, 3.05) is 7.05 Å². The number of carbonyl (C=O) groups excluding carboxylic acids is 1. The Morgan fingerprint density at radius 2 is 2.22 bits per heavy atom. The van der Waals surface area contributed by atoms with Crippen LogP contribution in [0.1, 0.15) is 18.4 Å². The molecule has 0 aromatic heterocycles. The van der Waals surface area contributed by atoms with E-state index >= 15 is 0 Å². The number of nitrogens with zero attached hydrogens (tertiary/aromatic N) is 1. The molecule has 1 aliphatic heterocycles. The monoisotopic (exact) mass is 355 g/mol. The zero-order valence-electron chi connectivity index (χ0n) is 10.0. The first-order chi connectivity index (χ1) is 8.55. The molecule has 94 valence electrons. The number of amides is 1. The van der Waals surface area contributed by atoms with Crippen LogP contribution in [-0.4, -0.2) is 23.8 Å². The third-order valence-electron chi connectivity index (χ3n) is 3.76. The Morgan fingerprint density at radius 1 is 1.50 bits per heavy atom. The molecule has 2 fully saturated rings. The minimum absolute atomic E-state index is 0.00278. The Kier molecular flexibility index (Phi) is 2.62.